The molecule has 0 aliphatic heterocycles. The molecular formula is C13H27Na. The third-order valence-corrected chi connectivity index (χ3v) is 2.53. The molecule has 0 aliphatic carbocycles. The number of rotatable bonds is 9. The summed E-state index contributed by atoms with van der Waals surface area (Å²) < 4.78 is 0. The Morgan fingerprint density at radius 3 is 1.64 bits per heavy atom. The second-order valence-corrected chi connectivity index (χ2v) is 4.51. The number of unbranched alkanes of at least 4 members (excludes halogenated alkanes) is 7. The van der Waals surface area contributed by atoms with E-state index in [1.807, 2.05) is 0 Å². The van der Waals surface area contributed by atoms with E-state index in [1.54, 1.807) is 0 Å². The summed E-state index contributed by atoms with van der Waals surface area (Å²) >= 11 is 0. The van der Waals surface area contributed by atoms with Gasteiger partial charge >= 0.3 is 29.6 Å². The summed E-state index contributed by atoms with van der Waals surface area (Å²) in [4.78, 5) is 0. The molecule has 0 aromatic heterocycles. The SMILES string of the molecule is [CH2-]CCCCCCCCCC(C)C.[Na+]. The average Bonchev–Trinajstić information content (AvgIpc) is 2.09. The van der Waals surface area contributed by atoms with Crippen LogP contribution in [-0.4, -0.2) is 0 Å². The Morgan fingerprint density at radius 1 is 0.786 bits per heavy atom. The van der Waals surface area contributed by atoms with Crippen molar-refractivity contribution in [3.63, 3.8) is 0 Å². The van der Waals surface area contributed by atoms with E-state index in [1.165, 1.54) is 51.4 Å². The van der Waals surface area contributed by atoms with E-state index < -0.39 is 0 Å². The zero-order valence-corrected chi connectivity index (χ0v) is 12.6. The maximum atomic E-state index is 3.85. The van der Waals surface area contributed by atoms with Gasteiger partial charge in [-0.15, -0.1) is 0 Å². The fourth-order valence-corrected chi connectivity index (χ4v) is 1.61. The first-order valence-electron chi connectivity index (χ1n) is 6.06. The molecule has 0 atom stereocenters. The largest absolute Gasteiger partial charge is 1.00 e. The van der Waals surface area contributed by atoms with Crippen LogP contribution in [0.3, 0.4) is 0 Å². The molecule has 0 bridgehead atoms. The van der Waals surface area contributed by atoms with Gasteiger partial charge in [0.1, 0.15) is 0 Å². The van der Waals surface area contributed by atoms with Gasteiger partial charge in [-0.1, -0.05) is 65.2 Å². The van der Waals surface area contributed by atoms with Gasteiger partial charge in [-0.25, -0.2) is 0 Å². The van der Waals surface area contributed by atoms with Crippen LogP contribution in [0.5, 0.6) is 0 Å². The number of hydrogen-bond acceptors (Lipinski definition) is 0. The van der Waals surface area contributed by atoms with Crippen molar-refractivity contribution < 1.29 is 29.6 Å². The molecule has 0 spiro atoms. The minimum absolute atomic E-state index is 0. The van der Waals surface area contributed by atoms with Crippen LogP contribution < -0.4 is 29.6 Å². The predicted molar refractivity (Wildman–Crippen MR) is 61.7 cm³/mol. The van der Waals surface area contributed by atoms with E-state index in [9.17, 15) is 0 Å². The summed E-state index contributed by atoms with van der Waals surface area (Å²) in [6.45, 7) is 8.48. The Balaban J connectivity index is 0. The van der Waals surface area contributed by atoms with Crippen LogP contribution in [-0.2, 0) is 0 Å². The van der Waals surface area contributed by atoms with Crippen molar-refractivity contribution in [1.29, 1.82) is 0 Å². The van der Waals surface area contributed by atoms with Gasteiger partial charge in [0, 0.05) is 0 Å². The number of hydrogen-bond donors (Lipinski definition) is 0. The third kappa shape index (κ3) is 15.5. The topological polar surface area (TPSA) is 0 Å². The van der Waals surface area contributed by atoms with E-state index >= 15 is 0 Å². The molecule has 0 aromatic carbocycles. The quantitative estimate of drug-likeness (QED) is 0.307. The summed E-state index contributed by atoms with van der Waals surface area (Å²) in [5, 5.41) is 0. The summed E-state index contributed by atoms with van der Waals surface area (Å²) in [6, 6.07) is 0. The van der Waals surface area contributed by atoms with Crippen LogP contribution in [0.25, 0.3) is 0 Å². The first-order chi connectivity index (χ1) is 6.27. The molecule has 0 nitrogen and oxygen atoms in total. The maximum absolute atomic E-state index is 3.85. The molecule has 0 amide bonds. The zero-order chi connectivity index (χ0) is 9.94. The Labute approximate surface area is 114 Å². The van der Waals surface area contributed by atoms with Gasteiger partial charge in [0.25, 0.3) is 0 Å². The van der Waals surface area contributed by atoms with Gasteiger partial charge in [-0.3, -0.25) is 0 Å². The van der Waals surface area contributed by atoms with E-state index in [0.717, 1.165) is 12.3 Å². The molecule has 0 radical (unpaired) electrons. The van der Waals surface area contributed by atoms with E-state index in [2.05, 4.69) is 20.8 Å². The molecule has 0 rings (SSSR count). The van der Waals surface area contributed by atoms with E-state index in [0.29, 0.717) is 0 Å². The second kappa shape index (κ2) is 14.0. The van der Waals surface area contributed by atoms with Crippen molar-refractivity contribution in [2.45, 2.75) is 71.6 Å². The molecule has 1 heteroatoms. The van der Waals surface area contributed by atoms with Gasteiger partial charge in [0.2, 0.25) is 0 Å². The molecular weight excluding hydrogens is 179 g/mol. The Bertz CT molecular complexity index is 89.2. The molecule has 0 N–H and O–H groups in total. The van der Waals surface area contributed by atoms with Gasteiger partial charge in [0.05, 0.1) is 0 Å². The van der Waals surface area contributed by atoms with Gasteiger partial charge in [-0.2, -0.15) is 6.42 Å². The fraction of sp³-hybridized carbons (Fsp3) is 0.923. The summed E-state index contributed by atoms with van der Waals surface area (Å²) in [6.07, 6.45) is 12.5. The molecule has 0 aliphatic rings. The molecule has 0 saturated heterocycles. The van der Waals surface area contributed by atoms with Crippen LogP contribution in [0.1, 0.15) is 71.6 Å². The van der Waals surface area contributed by atoms with Crippen molar-refractivity contribution in [3.8, 4) is 0 Å². The fourth-order valence-electron chi connectivity index (χ4n) is 1.61. The van der Waals surface area contributed by atoms with Crippen molar-refractivity contribution >= 4 is 0 Å². The van der Waals surface area contributed by atoms with Gasteiger partial charge in [-0.05, 0) is 5.92 Å². The van der Waals surface area contributed by atoms with Gasteiger partial charge in [0.15, 0.2) is 0 Å². The molecule has 0 aromatic rings. The van der Waals surface area contributed by atoms with Crippen molar-refractivity contribution in [1.82, 2.24) is 0 Å². The first kappa shape index (κ1) is 17.4. The minimum Gasteiger partial charge on any atom is -0.343 e. The monoisotopic (exact) mass is 206 g/mol. The molecule has 0 fully saturated rings. The first-order valence-corrected chi connectivity index (χ1v) is 6.06. The van der Waals surface area contributed by atoms with Crippen LogP contribution >= 0.6 is 0 Å². The summed E-state index contributed by atoms with van der Waals surface area (Å²) in [5.41, 5.74) is 0. The normalized spacial score (nSPS) is 10.3. The van der Waals surface area contributed by atoms with Crippen molar-refractivity contribution in [2.75, 3.05) is 0 Å². The smallest absolute Gasteiger partial charge is 0.343 e. The standard InChI is InChI=1S/C13H27.Na/c1-4-5-6-7-8-9-10-11-12-13(2)3;/h13H,1,4-12H2,2-3H3;/q-1;+1. The van der Waals surface area contributed by atoms with Crippen LogP contribution in [0.4, 0.5) is 0 Å². The molecule has 14 heavy (non-hydrogen) atoms. The van der Waals surface area contributed by atoms with E-state index in [-0.39, 0.29) is 29.6 Å². The molecule has 0 unspecified atom stereocenters. The van der Waals surface area contributed by atoms with Crippen LogP contribution in [0, 0.1) is 12.8 Å². The van der Waals surface area contributed by atoms with Crippen LogP contribution in [0.2, 0.25) is 0 Å². The molecule has 0 saturated carbocycles. The van der Waals surface area contributed by atoms with Gasteiger partial charge < -0.3 is 6.92 Å². The Morgan fingerprint density at radius 2 is 1.21 bits per heavy atom. The summed E-state index contributed by atoms with van der Waals surface area (Å²) in [5.74, 6) is 0.895. The van der Waals surface area contributed by atoms with Crippen molar-refractivity contribution in [2.24, 2.45) is 5.92 Å². The molecule has 0 heterocycles. The minimum atomic E-state index is 0. The summed E-state index contributed by atoms with van der Waals surface area (Å²) in [7, 11) is 0. The Kier molecular flexibility index (Phi) is 17.4. The van der Waals surface area contributed by atoms with Crippen LogP contribution in [0.15, 0.2) is 0 Å². The second-order valence-electron chi connectivity index (χ2n) is 4.51. The average molecular weight is 206 g/mol. The predicted octanol–water partition coefficient (Wildman–Crippen LogP) is 1.99. The maximum Gasteiger partial charge on any atom is 1.00 e. The van der Waals surface area contributed by atoms with Crippen molar-refractivity contribution in [3.05, 3.63) is 6.92 Å². The third-order valence-electron chi connectivity index (χ3n) is 2.53. The van der Waals surface area contributed by atoms with E-state index in [4.69, 9.17) is 0 Å². The Hall–Kier alpha value is 1.00. The zero-order valence-electron chi connectivity index (χ0n) is 10.6. The molecule has 80 valence electrons.